The maximum absolute atomic E-state index is 12.8. The van der Waals surface area contributed by atoms with Gasteiger partial charge in [-0.25, -0.2) is 18.4 Å². The van der Waals surface area contributed by atoms with E-state index in [1.165, 1.54) is 6.26 Å². The number of hydrogen-bond acceptors (Lipinski definition) is 7. The molecule has 0 amide bonds. The first-order chi connectivity index (χ1) is 16.3. The highest BCUT2D eigenvalue weighted by Gasteiger charge is 2.39. The topological polar surface area (TPSA) is 110 Å². The molecule has 3 aromatic rings. The highest BCUT2D eigenvalue weighted by molar-refractivity contribution is 7.90. The molecule has 0 saturated heterocycles. The van der Waals surface area contributed by atoms with E-state index in [0.717, 1.165) is 48.1 Å². The number of rotatable bonds is 7. The lowest BCUT2D eigenvalue weighted by Crippen LogP contribution is -2.28. The number of sulfone groups is 1. The molecular formula is C26H25N3O4S. The molecule has 0 aliphatic heterocycles. The quantitative estimate of drug-likeness (QED) is 0.467. The normalized spacial score (nSPS) is 14.9. The fraction of sp³-hybridized carbons (Fsp3) is 0.308. The number of esters is 1. The fourth-order valence-corrected chi connectivity index (χ4v) is 5.14. The van der Waals surface area contributed by atoms with E-state index in [-0.39, 0.29) is 29.7 Å². The van der Waals surface area contributed by atoms with Crippen molar-refractivity contribution in [1.29, 1.82) is 5.26 Å². The summed E-state index contributed by atoms with van der Waals surface area (Å²) >= 11 is 0. The Morgan fingerprint density at radius 1 is 1.09 bits per heavy atom. The van der Waals surface area contributed by atoms with Crippen molar-refractivity contribution in [1.82, 2.24) is 9.97 Å². The van der Waals surface area contributed by atoms with Crippen LogP contribution in [0.5, 0.6) is 0 Å². The number of aromatic nitrogens is 2. The molecule has 1 aromatic heterocycles. The SMILES string of the molecule is CS(=O)(=O)c1ccc(-c2cccc(COC(=O)CC3(c4ccnc(C#N)n4)CCCC3)c2)cc1. The van der Waals surface area contributed by atoms with Gasteiger partial charge in [0, 0.05) is 17.9 Å². The van der Waals surface area contributed by atoms with Gasteiger partial charge in [-0.1, -0.05) is 43.2 Å². The highest BCUT2D eigenvalue weighted by atomic mass is 32.2. The second kappa shape index (κ2) is 9.74. The smallest absolute Gasteiger partial charge is 0.307 e. The van der Waals surface area contributed by atoms with Gasteiger partial charge in [-0.05, 0) is 53.8 Å². The number of hydrogen-bond donors (Lipinski definition) is 0. The first-order valence-corrected chi connectivity index (χ1v) is 13.0. The molecule has 7 nitrogen and oxygen atoms in total. The van der Waals surface area contributed by atoms with Crippen LogP contribution in [0.15, 0.2) is 65.7 Å². The Morgan fingerprint density at radius 2 is 1.82 bits per heavy atom. The third-order valence-electron chi connectivity index (χ3n) is 6.28. The summed E-state index contributed by atoms with van der Waals surface area (Å²) in [7, 11) is -3.25. The van der Waals surface area contributed by atoms with E-state index in [1.54, 1.807) is 36.5 Å². The van der Waals surface area contributed by atoms with E-state index < -0.39 is 15.3 Å². The van der Waals surface area contributed by atoms with Crippen molar-refractivity contribution in [2.45, 2.75) is 49.0 Å². The molecule has 1 aliphatic rings. The molecule has 0 N–H and O–H groups in total. The molecule has 0 spiro atoms. The molecule has 1 fully saturated rings. The van der Waals surface area contributed by atoms with Crippen LogP contribution in [0.25, 0.3) is 11.1 Å². The zero-order valence-corrected chi connectivity index (χ0v) is 19.7. The molecule has 1 saturated carbocycles. The largest absolute Gasteiger partial charge is 0.461 e. The average molecular weight is 476 g/mol. The summed E-state index contributed by atoms with van der Waals surface area (Å²) in [6, 6.07) is 18.1. The lowest BCUT2D eigenvalue weighted by atomic mass is 9.79. The van der Waals surface area contributed by atoms with Crippen LogP contribution in [0, 0.1) is 11.3 Å². The van der Waals surface area contributed by atoms with E-state index >= 15 is 0 Å². The summed E-state index contributed by atoms with van der Waals surface area (Å²) in [4.78, 5) is 21.4. The zero-order valence-electron chi connectivity index (χ0n) is 18.9. The monoisotopic (exact) mass is 475 g/mol. The molecule has 174 valence electrons. The maximum Gasteiger partial charge on any atom is 0.307 e. The van der Waals surface area contributed by atoms with Gasteiger partial charge in [0.15, 0.2) is 9.84 Å². The van der Waals surface area contributed by atoms with E-state index in [2.05, 4.69) is 9.97 Å². The minimum absolute atomic E-state index is 0.110. The maximum atomic E-state index is 12.8. The third-order valence-corrected chi connectivity index (χ3v) is 7.41. The van der Waals surface area contributed by atoms with Gasteiger partial charge >= 0.3 is 5.97 Å². The molecule has 0 bridgehead atoms. The predicted octanol–water partition coefficient (Wildman–Crippen LogP) is 4.36. The molecular weight excluding hydrogens is 450 g/mol. The average Bonchev–Trinajstić information content (AvgIpc) is 3.32. The Kier molecular flexibility index (Phi) is 6.75. The van der Waals surface area contributed by atoms with Gasteiger partial charge in [0.1, 0.15) is 12.7 Å². The summed E-state index contributed by atoms with van der Waals surface area (Å²) < 4.78 is 29.0. The van der Waals surface area contributed by atoms with Gasteiger partial charge in [-0.3, -0.25) is 4.79 Å². The van der Waals surface area contributed by atoms with Crippen molar-refractivity contribution in [3.8, 4) is 17.2 Å². The van der Waals surface area contributed by atoms with Crippen LogP contribution in [-0.4, -0.2) is 30.6 Å². The first-order valence-electron chi connectivity index (χ1n) is 11.1. The minimum atomic E-state index is -3.25. The minimum Gasteiger partial charge on any atom is -0.461 e. The van der Waals surface area contributed by atoms with Crippen LogP contribution in [0.2, 0.25) is 0 Å². The van der Waals surface area contributed by atoms with Crippen LogP contribution in [-0.2, 0) is 31.4 Å². The molecule has 0 radical (unpaired) electrons. The van der Waals surface area contributed by atoms with Crippen LogP contribution < -0.4 is 0 Å². The van der Waals surface area contributed by atoms with Gasteiger partial charge in [0.2, 0.25) is 5.82 Å². The third kappa shape index (κ3) is 5.32. The lowest BCUT2D eigenvalue weighted by Gasteiger charge is -2.27. The van der Waals surface area contributed by atoms with Crippen molar-refractivity contribution >= 4 is 15.8 Å². The Labute approximate surface area is 199 Å². The highest BCUT2D eigenvalue weighted by Crippen LogP contribution is 2.43. The number of carbonyl (C=O) groups is 1. The van der Waals surface area contributed by atoms with Crippen LogP contribution in [0.1, 0.15) is 49.2 Å². The Hall–Kier alpha value is -3.57. The van der Waals surface area contributed by atoms with Gasteiger partial charge < -0.3 is 4.74 Å². The molecule has 2 aromatic carbocycles. The molecule has 8 heteroatoms. The van der Waals surface area contributed by atoms with E-state index in [4.69, 9.17) is 10.00 Å². The van der Waals surface area contributed by atoms with Crippen LogP contribution >= 0.6 is 0 Å². The summed E-state index contributed by atoms with van der Waals surface area (Å²) in [5.74, 6) is -0.194. The van der Waals surface area contributed by atoms with Crippen LogP contribution in [0.4, 0.5) is 0 Å². The Morgan fingerprint density at radius 3 is 2.50 bits per heavy atom. The number of carbonyl (C=O) groups excluding carboxylic acids is 1. The molecule has 4 rings (SSSR count). The van der Waals surface area contributed by atoms with Crippen molar-refractivity contribution in [3.63, 3.8) is 0 Å². The molecule has 1 heterocycles. The molecule has 34 heavy (non-hydrogen) atoms. The lowest BCUT2D eigenvalue weighted by molar-refractivity contribution is -0.146. The van der Waals surface area contributed by atoms with Gasteiger partial charge in [0.25, 0.3) is 0 Å². The van der Waals surface area contributed by atoms with Gasteiger partial charge in [-0.15, -0.1) is 0 Å². The summed E-state index contributed by atoms with van der Waals surface area (Å²) in [5.41, 5.74) is 2.93. The zero-order chi connectivity index (χ0) is 24.2. The van der Waals surface area contributed by atoms with Crippen LogP contribution in [0.3, 0.4) is 0 Å². The number of nitriles is 1. The molecule has 0 unspecified atom stereocenters. The van der Waals surface area contributed by atoms with E-state index in [1.807, 2.05) is 30.3 Å². The number of nitrogens with zero attached hydrogens (tertiary/aromatic N) is 3. The molecule has 0 atom stereocenters. The van der Waals surface area contributed by atoms with Crippen molar-refractivity contribution < 1.29 is 17.9 Å². The van der Waals surface area contributed by atoms with Gasteiger partial charge in [-0.2, -0.15) is 5.26 Å². The van der Waals surface area contributed by atoms with E-state index in [9.17, 15) is 13.2 Å². The fourth-order valence-electron chi connectivity index (χ4n) is 4.51. The summed E-state index contributed by atoms with van der Waals surface area (Å²) in [5, 5.41) is 9.14. The second-order valence-electron chi connectivity index (χ2n) is 8.70. The summed E-state index contributed by atoms with van der Waals surface area (Å²) in [6.45, 7) is 0.136. The summed E-state index contributed by atoms with van der Waals surface area (Å²) in [6.07, 6.45) is 6.60. The number of benzene rings is 2. The predicted molar refractivity (Wildman–Crippen MR) is 126 cm³/mol. The Bertz CT molecular complexity index is 1340. The van der Waals surface area contributed by atoms with E-state index in [0.29, 0.717) is 0 Å². The standard InChI is InChI=1S/C26H25N3O4S/c1-34(31,32)22-9-7-20(8-10-22)21-6-4-5-19(15-21)18-33-25(30)16-26(12-2-3-13-26)23-11-14-28-24(17-27)29-23/h4-11,14-15H,2-3,12-13,16,18H2,1H3. The van der Waals surface area contributed by atoms with Crippen molar-refractivity contribution in [2.75, 3.05) is 6.26 Å². The number of ether oxygens (including phenoxy) is 1. The van der Waals surface area contributed by atoms with Crippen molar-refractivity contribution in [2.24, 2.45) is 0 Å². The van der Waals surface area contributed by atoms with Crippen molar-refractivity contribution in [3.05, 3.63) is 77.9 Å². The molecule has 1 aliphatic carbocycles. The van der Waals surface area contributed by atoms with Gasteiger partial charge in [0.05, 0.1) is 17.0 Å². The first kappa shape index (κ1) is 23.6. The Balaban J connectivity index is 1.44. The second-order valence-corrected chi connectivity index (χ2v) is 10.7.